The lowest BCUT2D eigenvalue weighted by molar-refractivity contribution is 0.0201. The lowest BCUT2D eigenvalue weighted by Crippen LogP contribution is -2.42. The van der Waals surface area contributed by atoms with Crippen LogP contribution in [0.3, 0.4) is 0 Å². The van der Waals surface area contributed by atoms with Crippen molar-refractivity contribution in [3.8, 4) is 0 Å². The van der Waals surface area contributed by atoms with E-state index in [4.69, 9.17) is 0 Å². The fraction of sp³-hybridized carbons (Fsp3) is 0.647. The van der Waals surface area contributed by atoms with Crippen LogP contribution in [0.2, 0.25) is 0 Å². The average Bonchev–Trinajstić information content (AvgIpc) is 2.90. The van der Waals surface area contributed by atoms with E-state index in [9.17, 15) is 5.11 Å². The third kappa shape index (κ3) is 3.37. The van der Waals surface area contributed by atoms with Crippen LogP contribution in [0.25, 0.3) is 0 Å². The molecule has 2 nitrogen and oxygen atoms in total. The Morgan fingerprint density at radius 1 is 1.05 bits per heavy atom. The first-order valence-corrected chi connectivity index (χ1v) is 8.98. The number of aliphatic hydroxyl groups is 1. The number of rotatable bonds is 3. The minimum atomic E-state index is -0.0638. The topological polar surface area (TPSA) is 23.5 Å². The van der Waals surface area contributed by atoms with Crippen LogP contribution >= 0.6 is 22.6 Å². The predicted molar refractivity (Wildman–Crippen MR) is 90.6 cm³/mol. The number of nitrogens with zero attached hydrogens (tertiary/aromatic N) is 1. The van der Waals surface area contributed by atoms with Crippen LogP contribution in [-0.2, 0) is 6.54 Å². The number of aliphatic hydroxyl groups excluding tert-OH is 1. The van der Waals surface area contributed by atoms with Crippen molar-refractivity contribution in [1.82, 2.24) is 4.90 Å². The molecule has 2 fully saturated rings. The van der Waals surface area contributed by atoms with E-state index in [0.717, 1.165) is 13.0 Å². The van der Waals surface area contributed by atoms with Crippen LogP contribution in [0.1, 0.15) is 44.1 Å². The Morgan fingerprint density at radius 2 is 1.80 bits per heavy atom. The second-order valence-electron chi connectivity index (χ2n) is 6.32. The summed E-state index contributed by atoms with van der Waals surface area (Å²) in [6.45, 7) is 2.24. The van der Waals surface area contributed by atoms with Gasteiger partial charge in [-0.05, 0) is 72.5 Å². The van der Waals surface area contributed by atoms with E-state index in [1.165, 1.54) is 47.8 Å². The Labute approximate surface area is 135 Å². The molecule has 1 saturated carbocycles. The number of hydrogen-bond acceptors (Lipinski definition) is 2. The molecule has 3 unspecified atom stereocenters. The van der Waals surface area contributed by atoms with Crippen LogP contribution in [0.5, 0.6) is 0 Å². The van der Waals surface area contributed by atoms with Crippen LogP contribution in [0.4, 0.5) is 0 Å². The first kappa shape index (κ1) is 14.8. The largest absolute Gasteiger partial charge is 0.393 e. The van der Waals surface area contributed by atoms with Crippen molar-refractivity contribution >= 4 is 22.6 Å². The molecule has 1 aliphatic heterocycles. The molecule has 1 heterocycles. The Bertz CT molecular complexity index is 433. The molecule has 0 bridgehead atoms. The van der Waals surface area contributed by atoms with Crippen LogP contribution in [0, 0.1) is 9.49 Å². The summed E-state index contributed by atoms with van der Waals surface area (Å²) >= 11 is 2.36. The zero-order valence-electron chi connectivity index (χ0n) is 12.0. The maximum atomic E-state index is 10.3. The highest BCUT2D eigenvalue weighted by atomic mass is 127. The van der Waals surface area contributed by atoms with Crippen LogP contribution in [0.15, 0.2) is 24.3 Å². The van der Waals surface area contributed by atoms with Gasteiger partial charge in [-0.15, -0.1) is 0 Å². The second kappa shape index (κ2) is 6.75. The van der Waals surface area contributed by atoms with Crippen molar-refractivity contribution in [2.75, 3.05) is 6.54 Å². The number of benzene rings is 1. The van der Waals surface area contributed by atoms with E-state index in [-0.39, 0.29) is 6.10 Å². The average molecular weight is 385 g/mol. The van der Waals surface area contributed by atoms with Gasteiger partial charge in [0.25, 0.3) is 0 Å². The van der Waals surface area contributed by atoms with Gasteiger partial charge in [0.1, 0.15) is 0 Å². The number of halogens is 1. The van der Waals surface area contributed by atoms with Crippen LogP contribution in [-0.4, -0.2) is 28.7 Å². The van der Waals surface area contributed by atoms with Gasteiger partial charge in [-0.25, -0.2) is 0 Å². The maximum Gasteiger partial charge on any atom is 0.0583 e. The molecule has 1 aromatic rings. The molecule has 110 valence electrons. The van der Waals surface area contributed by atoms with E-state index in [0.29, 0.717) is 12.0 Å². The lowest BCUT2D eigenvalue weighted by Gasteiger charge is -2.37. The monoisotopic (exact) mass is 385 g/mol. The number of likely N-dealkylation sites (tertiary alicyclic amines) is 1. The summed E-state index contributed by atoms with van der Waals surface area (Å²) in [5, 5.41) is 10.3. The van der Waals surface area contributed by atoms with E-state index >= 15 is 0 Å². The van der Waals surface area contributed by atoms with Crippen LogP contribution < -0.4 is 0 Å². The minimum absolute atomic E-state index is 0.0638. The third-order valence-electron chi connectivity index (χ3n) is 4.99. The predicted octanol–water partition coefficient (Wildman–Crippen LogP) is 3.81. The molecule has 2 aliphatic rings. The molecule has 20 heavy (non-hydrogen) atoms. The number of hydrogen-bond donors (Lipinski definition) is 1. The Morgan fingerprint density at radius 3 is 2.55 bits per heavy atom. The molecule has 3 rings (SSSR count). The molecule has 3 atom stereocenters. The Balaban J connectivity index is 1.67. The Hall–Kier alpha value is -0.130. The zero-order chi connectivity index (χ0) is 13.9. The summed E-state index contributed by atoms with van der Waals surface area (Å²) in [5.74, 6) is 0.509. The summed E-state index contributed by atoms with van der Waals surface area (Å²) in [4.78, 5) is 2.61. The normalized spacial score (nSPS) is 31.6. The molecule has 0 spiro atoms. The van der Waals surface area contributed by atoms with E-state index < -0.39 is 0 Å². The van der Waals surface area contributed by atoms with Gasteiger partial charge in [0.15, 0.2) is 0 Å². The summed E-state index contributed by atoms with van der Waals surface area (Å²) in [5.41, 5.74) is 1.41. The van der Waals surface area contributed by atoms with E-state index in [1.54, 1.807) is 0 Å². The molecule has 0 radical (unpaired) electrons. The smallest absolute Gasteiger partial charge is 0.0583 e. The summed E-state index contributed by atoms with van der Waals surface area (Å²) < 4.78 is 1.30. The quantitative estimate of drug-likeness (QED) is 0.800. The highest BCUT2D eigenvalue weighted by Crippen LogP contribution is 2.35. The highest BCUT2D eigenvalue weighted by molar-refractivity contribution is 14.1. The van der Waals surface area contributed by atoms with Gasteiger partial charge < -0.3 is 5.11 Å². The molecular weight excluding hydrogens is 361 g/mol. The SMILES string of the molecule is OC1CCCCC1C1CCCN1Cc1ccc(I)cc1. The molecule has 0 amide bonds. The van der Waals surface area contributed by atoms with Gasteiger partial charge in [0.2, 0.25) is 0 Å². The van der Waals surface area contributed by atoms with Crippen molar-refractivity contribution in [2.45, 2.75) is 57.2 Å². The summed E-state index contributed by atoms with van der Waals surface area (Å²) in [6.07, 6.45) is 7.24. The first-order valence-electron chi connectivity index (χ1n) is 7.90. The first-order chi connectivity index (χ1) is 9.74. The van der Waals surface area contributed by atoms with Gasteiger partial charge >= 0.3 is 0 Å². The van der Waals surface area contributed by atoms with Gasteiger partial charge in [0.05, 0.1) is 6.10 Å². The van der Waals surface area contributed by atoms with Gasteiger partial charge in [0, 0.05) is 22.1 Å². The molecule has 0 aromatic heterocycles. The van der Waals surface area contributed by atoms with Crippen molar-refractivity contribution in [2.24, 2.45) is 5.92 Å². The molecule has 1 aromatic carbocycles. The van der Waals surface area contributed by atoms with Gasteiger partial charge in [-0.3, -0.25) is 4.90 Å². The maximum absolute atomic E-state index is 10.3. The van der Waals surface area contributed by atoms with Crippen molar-refractivity contribution < 1.29 is 5.11 Å². The fourth-order valence-corrected chi connectivity index (χ4v) is 4.31. The van der Waals surface area contributed by atoms with Crippen molar-refractivity contribution in [3.05, 3.63) is 33.4 Å². The Kier molecular flexibility index (Phi) is 5.00. The molecule has 1 aliphatic carbocycles. The van der Waals surface area contributed by atoms with E-state index in [2.05, 4.69) is 51.8 Å². The fourth-order valence-electron chi connectivity index (χ4n) is 3.95. The summed E-state index contributed by atoms with van der Waals surface area (Å²) in [7, 11) is 0. The third-order valence-corrected chi connectivity index (χ3v) is 5.71. The minimum Gasteiger partial charge on any atom is -0.393 e. The van der Waals surface area contributed by atoms with Gasteiger partial charge in [-0.2, -0.15) is 0 Å². The highest BCUT2D eigenvalue weighted by Gasteiger charge is 2.36. The molecule has 1 saturated heterocycles. The zero-order valence-corrected chi connectivity index (χ0v) is 14.1. The lowest BCUT2D eigenvalue weighted by atomic mass is 9.80. The standard InChI is InChI=1S/C17H24INO/c18-14-9-7-13(8-10-14)12-19-11-3-5-16(19)15-4-1-2-6-17(15)20/h7-10,15-17,20H,1-6,11-12H2. The van der Waals surface area contributed by atoms with Crippen molar-refractivity contribution in [1.29, 1.82) is 0 Å². The van der Waals surface area contributed by atoms with Gasteiger partial charge in [-0.1, -0.05) is 25.0 Å². The second-order valence-corrected chi connectivity index (χ2v) is 7.57. The molecular formula is C17H24INO. The molecule has 3 heteroatoms. The van der Waals surface area contributed by atoms with Crippen molar-refractivity contribution in [3.63, 3.8) is 0 Å². The van der Waals surface area contributed by atoms with E-state index in [1.807, 2.05) is 0 Å². The summed E-state index contributed by atoms with van der Waals surface area (Å²) in [6, 6.07) is 9.47. The molecule has 1 N–H and O–H groups in total.